The number of hydrogen-bond donors (Lipinski definition) is 1. The van der Waals surface area contributed by atoms with Gasteiger partial charge in [0.2, 0.25) is 11.8 Å². The molecule has 0 aliphatic carbocycles. The van der Waals surface area contributed by atoms with E-state index >= 15 is 0 Å². The molecule has 2 fully saturated rings. The first-order valence-corrected chi connectivity index (χ1v) is 9.00. The predicted octanol–water partition coefficient (Wildman–Crippen LogP) is 2.07. The van der Waals surface area contributed by atoms with Crippen LogP contribution in [0.1, 0.15) is 38.7 Å². The topological polar surface area (TPSA) is 69.7 Å². The number of benzene rings is 1. The van der Waals surface area contributed by atoms with E-state index in [0.717, 1.165) is 37.1 Å². The third-order valence-corrected chi connectivity index (χ3v) is 5.80. The van der Waals surface area contributed by atoms with E-state index in [1.165, 1.54) is 4.90 Å². The quantitative estimate of drug-likeness (QED) is 0.794. The Morgan fingerprint density at radius 1 is 1.16 bits per heavy atom. The van der Waals surface area contributed by atoms with E-state index in [1.54, 1.807) is 13.8 Å². The average molecular weight is 341 g/mol. The summed E-state index contributed by atoms with van der Waals surface area (Å²) in [6.45, 7) is 4.44. The first-order chi connectivity index (χ1) is 12.0. The lowest BCUT2D eigenvalue weighted by Gasteiger charge is -2.54. The highest BCUT2D eigenvalue weighted by Gasteiger charge is 2.62. The maximum absolute atomic E-state index is 13.4. The second kappa shape index (κ2) is 5.58. The fourth-order valence-electron chi connectivity index (χ4n) is 4.68. The van der Waals surface area contributed by atoms with Gasteiger partial charge in [-0.15, -0.1) is 0 Å². The van der Waals surface area contributed by atoms with Crippen LogP contribution in [0.25, 0.3) is 0 Å². The van der Waals surface area contributed by atoms with Crippen molar-refractivity contribution in [1.82, 2.24) is 10.2 Å². The summed E-state index contributed by atoms with van der Waals surface area (Å²) in [5.41, 5.74) is 0.904. The Bertz CT molecular complexity index is 760. The van der Waals surface area contributed by atoms with Gasteiger partial charge >= 0.3 is 6.03 Å². The molecule has 2 atom stereocenters. The molecule has 3 aliphatic heterocycles. The summed E-state index contributed by atoms with van der Waals surface area (Å²) in [4.78, 5) is 42.2. The van der Waals surface area contributed by atoms with Crippen LogP contribution in [0.15, 0.2) is 24.3 Å². The van der Waals surface area contributed by atoms with Gasteiger partial charge in [0.05, 0.1) is 6.04 Å². The molecule has 0 radical (unpaired) electrons. The monoisotopic (exact) mass is 341 g/mol. The van der Waals surface area contributed by atoms with E-state index in [-0.39, 0.29) is 18.0 Å². The number of imide groups is 2. The number of para-hydroxylation sites is 1. The highest BCUT2D eigenvalue weighted by Crippen LogP contribution is 2.47. The standard InChI is InChI=1S/C19H23N3O3/c1-12(2)22-17(24)19(16(23)20-18(22)25)11-13-7-3-4-8-14(13)21-10-6-5-9-15(19)21/h3-4,7-8,12,15H,5-6,9-11H2,1-2H3,(H,20,23,25)/t15-,19-/m0/s1. The van der Waals surface area contributed by atoms with Gasteiger partial charge < -0.3 is 4.90 Å². The van der Waals surface area contributed by atoms with Crippen molar-refractivity contribution < 1.29 is 14.4 Å². The molecule has 6 heteroatoms. The molecule has 2 saturated heterocycles. The smallest absolute Gasteiger partial charge is 0.331 e. The van der Waals surface area contributed by atoms with Crippen LogP contribution in [0.5, 0.6) is 0 Å². The molecular weight excluding hydrogens is 318 g/mol. The first-order valence-electron chi connectivity index (χ1n) is 9.00. The van der Waals surface area contributed by atoms with Gasteiger partial charge in [0.1, 0.15) is 0 Å². The number of amides is 4. The van der Waals surface area contributed by atoms with Crippen LogP contribution in [0, 0.1) is 5.41 Å². The van der Waals surface area contributed by atoms with E-state index < -0.39 is 17.4 Å². The average Bonchev–Trinajstić information content (AvgIpc) is 2.59. The van der Waals surface area contributed by atoms with Crippen LogP contribution in [0.4, 0.5) is 10.5 Å². The van der Waals surface area contributed by atoms with Crippen molar-refractivity contribution in [3.8, 4) is 0 Å². The summed E-state index contributed by atoms with van der Waals surface area (Å²) in [6, 6.07) is 6.90. The highest BCUT2D eigenvalue weighted by molar-refractivity contribution is 6.20. The lowest BCUT2D eigenvalue weighted by Crippen LogP contribution is -2.73. The van der Waals surface area contributed by atoms with Gasteiger partial charge in [0, 0.05) is 18.3 Å². The molecule has 0 saturated carbocycles. The molecule has 1 aromatic carbocycles. The second-order valence-electron chi connectivity index (χ2n) is 7.51. The number of piperidine rings is 1. The number of rotatable bonds is 1. The molecule has 3 heterocycles. The third-order valence-electron chi connectivity index (χ3n) is 5.80. The maximum atomic E-state index is 13.4. The van der Waals surface area contributed by atoms with Gasteiger partial charge in [-0.25, -0.2) is 4.79 Å². The molecule has 25 heavy (non-hydrogen) atoms. The van der Waals surface area contributed by atoms with Crippen LogP contribution in [-0.2, 0) is 16.0 Å². The summed E-state index contributed by atoms with van der Waals surface area (Å²) in [6.07, 6.45) is 3.17. The Hall–Kier alpha value is -2.37. The molecule has 4 amide bonds. The molecule has 6 nitrogen and oxygen atoms in total. The lowest BCUT2D eigenvalue weighted by molar-refractivity contribution is -0.155. The van der Waals surface area contributed by atoms with Crippen LogP contribution in [0.3, 0.4) is 0 Å². The number of carbonyl (C=O) groups is 3. The van der Waals surface area contributed by atoms with E-state index in [9.17, 15) is 14.4 Å². The number of anilines is 1. The zero-order valence-corrected chi connectivity index (χ0v) is 14.6. The summed E-state index contributed by atoms with van der Waals surface area (Å²) in [5, 5.41) is 2.47. The number of nitrogens with one attached hydrogen (secondary N) is 1. The maximum Gasteiger partial charge on any atom is 0.331 e. The van der Waals surface area contributed by atoms with Gasteiger partial charge in [-0.2, -0.15) is 0 Å². The molecule has 0 aromatic heterocycles. The number of carbonyl (C=O) groups excluding carboxylic acids is 3. The van der Waals surface area contributed by atoms with Crippen molar-refractivity contribution in [2.24, 2.45) is 5.41 Å². The highest BCUT2D eigenvalue weighted by atomic mass is 16.2. The van der Waals surface area contributed by atoms with Crippen molar-refractivity contribution in [2.75, 3.05) is 11.4 Å². The Morgan fingerprint density at radius 2 is 1.92 bits per heavy atom. The molecule has 132 valence electrons. The fraction of sp³-hybridized carbons (Fsp3) is 0.526. The van der Waals surface area contributed by atoms with Crippen molar-refractivity contribution in [3.05, 3.63) is 29.8 Å². The normalized spacial score (nSPS) is 28.9. The van der Waals surface area contributed by atoms with E-state index in [4.69, 9.17) is 0 Å². The van der Waals surface area contributed by atoms with E-state index in [0.29, 0.717) is 6.42 Å². The molecule has 1 spiro atoms. The molecule has 3 aliphatic rings. The second-order valence-corrected chi connectivity index (χ2v) is 7.51. The van der Waals surface area contributed by atoms with Crippen molar-refractivity contribution in [1.29, 1.82) is 0 Å². The molecule has 0 bridgehead atoms. The lowest BCUT2D eigenvalue weighted by atomic mass is 9.66. The van der Waals surface area contributed by atoms with Crippen molar-refractivity contribution in [2.45, 2.75) is 51.6 Å². The van der Waals surface area contributed by atoms with Crippen molar-refractivity contribution in [3.63, 3.8) is 0 Å². The van der Waals surface area contributed by atoms with Gasteiger partial charge in [-0.05, 0) is 51.2 Å². The fourth-order valence-corrected chi connectivity index (χ4v) is 4.68. The first kappa shape index (κ1) is 16.1. The molecule has 1 N–H and O–H groups in total. The number of barbiturate groups is 1. The SMILES string of the molecule is CC(C)N1C(=O)NC(=O)[C@@]2(Cc3ccccc3N3CCCC[C@H]32)C1=O. The predicted molar refractivity (Wildman–Crippen MR) is 93.1 cm³/mol. The Labute approximate surface area is 147 Å². The van der Waals surface area contributed by atoms with Crippen molar-refractivity contribution >= 4 is 23.5 Å². The Kier molecular flexibility index (Phi) is 3.60. The summed E-state index contributed by atoms with van der Waals surface area (Å²) in [7, 11) is 0. The number of urea groups is 1. The summed E-state index contributed by atoms with van der Waals surface area (Å²) >= 11 is 0. The molecular formula is C19H23N3O3. The number of nitrogens with zero attached hydrogens (tertiary/aromatic N) is 2. The van der Waals surface area contributed by atoms with E-state index in [2.05, 4.69) is 16.3 Å². The van der Waals surface area contributed by atoms with E-state index in [1.807, 2.05) is 18.2 Å². The minimum absolute atomic E-state index is 0.196. The zero-order valence-electron chi connectivity index (χ0n) is 14.6. The molecule has 1 aromatic rings. The van der Waals surface area contributed by atoms with Crippen LogP contribution < -0.4 is 10.2 Å². The van der Waals surface area contributed by atoms with Gasteiger partial charge in [0.25, 0.3) is 0 Å². The number of fused-ring (bicyclic) bond motifs is 4. The third kappa shape index (κ3) is 2.12. The summed E-state index contributed by atoms with van der Waals surface area (Å²) < 4.78 is 0. The number of hydrogen-bond acceptors (Lipinski definition) is 4. The van der Waals surface area contributed by atoms with Gasteiger partial charge in [-0.1, -0.05) is 18.2 Å². The Balaban J connectivity index is 1.88. The van der Waals surface area contributed by atoms with Gasteiger partial charge in [-0.3, -0.25) is 19.8 Å². The minimum atomic E-state index is -1.22. The molecule has 0 unspecified atom stereocenters. The largest absolute Gasteiger partial charge is 0.367 e. The minimum Gasteiger partial charge on any atom is -0.367 e. The molecule has 4 rings (SSSR count). The summed E-state index contributed by atoms with van der Waals surface area (Å²) in [5.74, 6) is -0.784. The van der Waals surface area contributed by atoms with Crippen LogP contribution >= 0.6 is 0 Å². The van der Waals surface area contributed by atoms with Gasteiger partial charge in [0.15, 0.2) is 5.41 Å². The van der Waals surface area contributed by atoms with Crippen LogP contribution in [-0.4, -0.2) is 41.4 Å². The Morgan fingerprint density at radius 3 is 2.68 bits per heavy atom. The zero-order chi connectivity index (χ0) is 17.8. The van der Waals surface area contributed by atoms with Crippen LogP contribution in [0.2, 0.25) is 0 Å².